The van der Waals surface area contributed by atoms with Crippen molar-refractivity contribution >= 4 is 11.6 Å². The van der Waals surface area contributed by atoms with E-state index in [1.54, 1.807) is 0 Å². The van der Waals surface area contributed by atoms with Crippen molar-refractivity contribution in [1.29, 1.82) is 0 Å². The highest BCUT2D eigenvalue weighted by Gasteiger charge is 2.06. The first kappa shape index (κ1) is 14.1. The Kier molecular flexibility index (Phi) is 5.00. The van der Waals surface area contributed by atoms with Gasteiger partial charge in [0.05, 0.1) is 6.54 Å². The maximum absolute atomic E-state index is 5.99. The Hall–Kier alpha value is -1.32. The second-order valence-electron chi connectivity index (χ2n) is 4.75. The van der Waals surface area contributed by atoms with Gasteiger partial charge in [0.2, 0.25) is 0 Å². The molecule has 1 aromatic heterocycles. The fourth-order valence-corrected chi connectivity index (χ4v) is 2.36. The van der Waals surface area contributed by atoms with Gasteiger partial charge in [0, 0.05) is 30.0 Å². The summed E-state index contributed by atoms with van der Waals surface area (Å²) in [5.41, 5.74) is 1.26. The molecule has 0 aliphatic rings. The van der Waals surface area contributed by atoms with E-state index in [1.807, 2.05) is 30.6 Å². The highest BCUT2D eigenvalue weighted by atomic mass is 35.5. The van der Waals surface area contributed by atoms with Gasteiger partial charge in [-0.05, 0) is 38.0 Å². The molecule has 0 aliphatic carbocycles. The van der Waals surface area contributed by atoms with Crippen LogP contribution in [0.25, 0.3) is 0 Å². The zero-order valence-electron chi connectivity index (χ0n) is 11.4. The number of aryl methyl sites for hydroxylation is 1. The molecule has 2 aromatic rings. The summed E-state index contributed by atoms with van der Waals surface area (Å²) >= 11 is 5.99. The first-order valence-electron chi connectivity index (χ1n) is 6.67. The van der Waals surface area contributed by atoms with Gasteiger partial charge >= 0.3 is 0 Å². The highest BCUT2D eigenvalue weighted by Crippen LogP contribution is 2.12. The van der Waals surface area contributed by atoms with Gasteiger partial charge in [-0.15, -0.1) is 0 Å². The molecular formula is C15H20ClN3. The van der Waals surface area contributed by atoms with Crippen LogP contribution in [-0.2, 0) is 19.5 Å². The number of benzene rings is 1. The van der Waals surface area contributed by atoms with Crippen molar-refractivity contribution in [1.82, 2.24) is 14.9 Å². The number of hydrogen-bond donors (Lipinski definition) is 1. The average Bonchev–Trinajstić information content (AvgIpc) is 2.83. The molecule has 0 bridgehead atoms. The molecule has 0 spiro atoms. The van der Waals surface area contributed by atoms with Gasteiger partial charge in [0.1, 0.15) is 5.82 Å². The van der Waals surface area contributed by atoms with Crippen molar-refractivity contribution < 1.29 is 0 Å². The first-order chi connectivity index (χ1) is 9.19. The van der Waals surface area contributed by atoms with Gasteiger partial charge in [-0.1, -0.05) is 23.7 Å². The number of nitrogens with zero attached hydrogens (tertiary/aromatic N) is 2. The number of halogens is 1. The molecule has 19 heavy (non-hydrogen) atoms. The van der Waals surface area contributed by atoms with E-state index in [4.69, 9.17) is 11.6 Å². The Morgan fingerprint density at radius 3 is 3.00 bits per heavy atom. The van der Waals surface area contributed by atoms with E-state index in [2.05, 4.69) is 34.8 Å². The minimum atomic E-state index is 0.389. The Labute approximate surface area is 119 Å². The van der Waals surface area contributed by atoms with Crippen LogP contribution in [0.4, 0.5) is 0 Å². The van der Waals surface area contributed by atoms with E-state index in [-0.39, 0.29) is 0 Å². The lowest BCUT2D eigenvalue weighted by Crippen LogP contribution is -2.28. The van der Waals surface area contributed by atoms with Crippen molar-refractivity contribution in [2.45, 2.75) is 39.4 Å². The maximum Gasteiger partial charge on any atom is 0.122 e. The second kappa shape index (κ2) is 6.73. The predicted octanol–water partition coefficient (Wildman–Crippen LogP) is 3.28. The molecule has 1 atom stereocenters. The quantitative estimate of drug-likeness (QED) is 0.878. The Bertz CT molecular complexity index is 522. The third-order valence-corrected chi connectivity index (χ3v) is 3.42. The summed E-state index contributed by atoms with van der Waals surface area (Å²) in [6.45, 7) is 6.06. The van der Waals surface area contributed by atoms with Crippen LogP contribution in [0.15, 0.2) is 36.7 Å². The smallest absolute Gasteiger partial charge is 0.122 e. The van der Waals surface area contributed by atoms with Crippen molar-refractivity contribution in [3.63, 3.8) is 0 Å². The first-order valence-corrected chi connectivity index (χ1v) is 7.04. The van der Waals surface area contributed by atoms with Crippen LogP contribution in [0.5, 0.6) is 0 Å². The molecule has 2 rings (SSSR count). The van der Waals surface area contributed by atoms with Crippen LogP contribution >= 0.6 is 11.6 Å². The molecule has 1 heterocycles. The average molecular weight is 278 g/mol. The van der Waals surface area contributed by atoms with E-state index in [0.717, 1.165) is 30.4 Å². The summed E-state index contributed by atoms with van der Waals surface area (Å²) in [7, 11) is 0. The molecule has 0 saturated carbocycles. The standard InChI is InChI=1S/C15H20ClN3/c1-3-19-8-7-17-15(19)11-18-12(2)9-13-5-4-6-14(16)10-13/h4-8,10,12,18H,3,9,11H2,1-2H3. The number of nitrogens with one attached hydrogen (secondary N) is 1. The van der Waals surface area contributed by atoms with Gasteiger partial charge in [0.15, 0.2) is 0 Å². The molecule has 0 saturated heterocycles. The zero-order chi connectivity index (χ0) is 13.7. The zero-order valence-corrected chi connectivity index (χ0v) is 12.2. The minimum absolute atomic E-state index is 0.389. The summed E-state index contributed by atoms with van der Waals surface area (Å²) in [5, 5.41) is 4.30. The van der Waals surface area contributed by atoms with Crippen LogP contribution in [0.3, 0.4) is 0 Å². The molecule has 4 heteroatoms. The maximum atomic E-state index is 5.99. The van der Waals surface area contributed by atoms with Crippen LogP contribution in [0.2, 0.25) is 5.02 Å². The number of rotatable bonds is 6. The Morgan fingerprint density at radius 2 is 2.26 bits per heavy atom. The fourth-order valence-electron chi connectivity index (χ4n) is 2.15. The van der Waals surface area contributed by atoms with Gasteiger partial charge in [-0.2, -0.15) is 0 Å². The molecule has 1 unspecified atom stereocenters. The topological polar surface area (TPSA) is 29.9 Å². The van der Waals surface area contributed by atoms with Gasteiger partial charge in [-0.25, -0.2) is 4.98 Å². The van der Waals surface area contributed by atoms with Crippen LogP contribution in [0, 0.1) is 0 Å². The number of imidazole rings is 1. The normalized spacial score (nSPS) is 12.6. The van der Waals surface area contributed by atoms with E-state index >= 15 is 0 Å². The van der Waals surface area contributed by atoms with Crippen molar-refractivity contribution in [2.24, 2.45) is 0 Å². The van der Waals surface area contributed by atoms with Crippen LogP contribution in [-0.4, -0.2) is 15.6 Å². The molecule has 0 radical (unpaired) electrons. The summed E-state index contributed by atoms with van der Waals surface area (Å²) < 4.78 is 2.15. The summed E-state index contributed by atoms with van der Waals surface area (Å²) in [5.74, 6) is 1.08. The summed E-state index contributed by atoms with van der Waals surface area (Å²) in [6, 6.07) is 8.42. The lowest BCUT2D eigenvalue weighted by molar-refractivity contribution is 0.519. The van der Waals surface area contributed by atoms with Gasteiger partial charge in [0.25, 0.3) is 0 Å². The fraction of sp³-hybridized carbons (Fsp3) is 0.400. The molecule has 0 aliphatic heterocycles. The molecule has 1 N–H and O–H groups in total. The van der Waals surface area contributed by atoms with Crippen molar-refractivity contribution in [3.8, 4) is 0 Å². The monoisotopic (exact) mass is 277 g/mol. The predicted molar refractivity (Wildman–Crippen MR) is 79.4 cm³/mol. The third-order valence-electron chi connectivity index (χ3n) is 3.18. The van der Waals surface area contributed by atoms with Gasteiger partial charge in [-0.3, -0.25) is 0 Å². The number of aromatic nitrogens is 2. The lowest BCUT2D eigenvalue weighted by Gasteiger charge is -2.14. The number of hydrogen-bond acceptors (Lipinski definition) is 2. The van der Waals surface area contributed by atoms with Crippen molar-refractivity contribution in [2.75, 3.05) is 0 Å². The van der Waals surface area contributed by atoms with Crippen LogP contribution < -0.4 is 5.32 Å². The van der Waals surface area contributed by atoms with E-state index in [1.165, 1.54) is 5.56 Å². The van der Waals surface area contributed by atoms with E-state index in [9.17, 15) is 0 Å². The molecule has 1 aromatic carbocycles. The Morgan fingerprint density at radius 1 is 1.42 bits per heavy atom. The third kappa shape index (κ3) is 4.08. The molecule has 3 nitrogen and oxygen atoms in total. The Balaban J connectivity index is 1.86. The lowest BCUT2D eigenvalue weighted by atomic mass is 10.1. The molecule has 0 amide bonds. The van der Waals surface area contributed by atoms with Crippen LogP contribution in [0.1, 0.15) is 25.2 Å². The minimum Gasteiger partial charge on any atom is -0.334 e. The molecule has 0 fully saturated rings. The largest absolute Gasteiger partial charge is 0.334 e. The summed E-state index contributed by atoms with van der Waals surface area (Å²) in [6.07, 6.45) is 4.83. The second-order valence-corrected chi connectivity index (χ2v) is 5.18. The highest BCUT2D eigenvalue weighted by molar-refractivity contribution is 6.30. The van der Waals surface area contributed by atoms with E-state index in [0.29, 0.717) is 6.04 Å². The van der Waals surface area contributed by atoms with Gasteiger partial charge < -0.3 is 9.88 Å². The molecule has 102 valence electrons. The van der Waals surface area contributed by atoms with E-state index < -0.39 is 0 Å². The van der Waals surface area contributed by atoms with Crippen molar-refractivity contribution in [3.05, 3.63) is 53.1 Å². The summed E-state index contributed by atoms with van der Waals surface area (Å²) in [4.78, 5) is 4.36. The SMILES string of the molecule is CCn1ccnc1CNC(C)Cc1cccc(Cl)c1. The molecular weight excluding hydrogens is 258 g/mol.